The Morgan fingerprint density at radius 3 is 2.76 bits per heavy atom. The van der Waals surface area contributed by atoms with Gasteiger partial charge in [-0.2, -0.15) is 5.10 Å². The summed E-state index contributed by atoms with van der Waals surface area (Å²) in [5, 5.41) is 16.0. The van der Waals surface area contributed by atoms with Crippen LogP contribution in [0.15, 0.2) is 12.3 Å². The molecule has 1 saturated carbocycles. The van der Waals surface area contributed by atoms with E-state index in [0.29, 0.717) is 25.2 Å². The van der Waals surface area contributed by atoms with Crippen LogP contribution in [0.5, 0.6) is 0 Å². The van der Waals surface area contributed by atoms with Crippen molar-refractivity contribution in [2.45, 2.75) is 38.0 Å². The van der Waals surface area contributed by atoms with Crippen LogP contribution in [0.3, 0.4) is 0 Å². The van der Waals surface area contributed by atoms with Gasteiger partial charge < -0.3 is 10.0 Å². The van der Waals surface area contributed by atoms with Gasteiger partial charge in [-0.15, -0.1) is 0 Å². The van der Waals surface area contributed by atoms with E-state index in [4.69, 9.17) is 5.11 Å². The predicted octanol–water partition coefficient (Wildman–Crippen LogP) is 1.62. The van der Waals surface area contributed by atoms with Gasteiger partial charge in [-0.25, -0.2) is 0 Å². The van der Waals surface area contributed by atoms with E-state index in [0.717, 1.165) is 31.6 Å². The third kappa shape index (κ3) is 2.94. The van der Waals surface area contributed by atoms with Crippen LogP contribution in [0.25, 0.3) is 0 Å². The van der Waals surface area contributed by atoms with E-state index in [1.165, 1.54) is 0 Å². The first kappa shape index (κ1) is 14.1. The number of aromatic amines is 1. The molecule has 3 unspecified atom stereocenters. The molecule has 1 aromatic rings. The number of nitrogens with one attached hydrogen (secondary N) is 1. The second kappa shape index (κ2) is 5.87. The summed E-state index contributed by atoms with van der Waals surface area (Å²) in [6.45, 7) is 1.51. The maximum Gasteiger partial charge on any atom is 0.306 e. The largest absolute Gasteiger partial charge is 0.481 e. The highest BCUT2D eigenvalue weighted by Crippen LogP contribution is 2.34. The van der Waals surface area contributed by atoms with Crippen molar-refractivity contribution in [3.63, 3.8) is 0 Å². The Balaban J connectivity index is 1.61. The minimum Gasteiger partial charge on any atom is -0.481 e. The number of aliphatic carboxylic acids is 1. The van der Waals surface area contributed by atoms with Crippen LogP contribution in [0.4, 0.5) is 0 Å². The molecule has 6 heteroatoms. The van der Waals surface area contributed by atoms with Crippen LogP contribution in [-0.4, -0.2) is 45.2 Å². The van der Waals surface area contributed by atoms with E-state index in [1.807, 2.05) is 11.0 Å². The van der Waals surface area contributed by atoms with Crippen molar-refractivity contribution in [3.8, 4) is 0 Å². The van der Waals surface area contributed by atoms with Gasteiger partial charge in [-0.1, -0.05) is 0 Å². The van der Waals surface area contributed by atoms with Gasteiger partial charge in [0.25, 0.3) is 0 Å². The molecule has 1 amide bonds. The van der Waals surface area contributed by atoms with E-state index < -0.39 is 5.97 Å². The molecule has 114 valence electrons. The van der Waals surface area contributed by atoms with Gasteiger partial charge in [0.15, 0.2) is 0 Å². The lowest BCUT2D eigenvalue weighted by Gasteiger charge is -2.34. The Labute approximate surface area is 123 Å². The zero-order valence-electron chi connectivity index (χ0n) is 12.0. The van der Waals surface area contributed by atoms with E-state index >= 15 is 0 Å². The lowest BCUT2D eigenvalue weighted by Crippen LogP contribution is -2.42. The summed E-state index contributed by atoms with van der Waals surface area (Å²) in [7, 11) is 0. The topological polar surface area (TPSA) is 86.3 Å². The molecule has 0 bridgehead atoms. The summed E-state index contributed by atoms with van der Waals surface area (Å²) < 4.78 is 0. The molecule has 2 fully saturated rings. The van der Waals surface area contributed by atoms with Gasteiger partial charge in [-0.05, 0) is 38.2 Å². The molecule has 0 aromatic carbocycles. The quantitative estimate of drug-likeness (QED) is 0.886. The highest BCUT2D eigenvalue weighted by atomic mass is 16.4. The second-order valence-corrected chi connectivity index (χ2v) is 6.18. The number of carboxylic acids is 1. The molecule has 2 aliphatic rings. The molecular formula is C15H21N3O3. The summed E-state index contributed by atoms with van der Waals surface area (Å²) in [5.41, 5.74) is 1.09. The number of carbonyl (C=O) groups is 2. The molecule has 1 aliphatic carbocycles. The average molecular weight is 291 g/mol. The summed E-state index contributed by atoms with van der Waals surface area (Å²) in [6, 6.07) is 1.97. The van der Waals surface area contributed by atoms with Crippen molar-refractivity contribution >= 4 is 11.9 Å². The molecule has 2 heterocycles. The monoisotopic (exact) mass is 291 g/mol. The van der Waals surface area contributed by atoms with Crippen molar-refractivity contribution < 1.29 is 14.7 Å². The van der Waals surface area contributed by atoms with Crippen molar-refractivity contribution in [1.29, 1.82) is 0 Å². The molecule has 3 atom stereocenters. The van der Waals surface area contributed by atoms with Crippen molar-refractivity contribution in [3.05, 3.63) is 18.0 Å². The molecule has 6 nitrogen and oxygen atoms in total. The summed E-state index contributed by atoms with van der Waals surface area (Å²) in [4.78, 5) is 25.5. The highest BCUT2D eigenvalue weighted by Gasteiger charge is 2.37. The number of amides is 1. The number of carbonyl (C=O) groups excluding carboxylic acids is 1. The minimum absolute atomic E-state index is 0.105. The zero-order chi connectivity index (χ0) is 14.8. The first-order chi connectivity index (χ1) is 10.1. The zero-order valence-corrected chi connectivity index (χ0v) is 12.0. The standard InChI is InChI=1S/C15H21N3O3/c19-14(10-3-4-11(8-10)15(20)21)18-7-1-2-12(9-18)13-5-6-16-17-13/h5-6,10-12H,1-4,7-9H2,(H,16,17)(H,20,21). The minimum atomic E-state index is -0.765. The Morgan fingerprint density at radius 1 is 1.29 bits per heavy atom. The van der Waals surface area contributed by atoms with Crippen LogP contribution in [0.1, 0.15) is 43.7 Å². The number of hydrogen-bond donors (Lipinski definition) is 2. The van der Waals surface area contributed by atoms with Crippen LogP contribution in [-0.2, 0) is 9.59 Å². The number of aromatic nitrogens is 2. The van der Waals surface area contributed by atoms with Crippen molar-refractivity contribution in [1.82, 2.24) is 15.1 Å². The first-order valence-corrected chi connectivity index (χ1v) is 7.66. The molecule has 1 aromatic heterocycles. The summed E-state index contributed by atoms with van der Waals surface area (Å²) >= 11 is 0. The fourth-order valence-electron chi connectivity index (χ4n) is 3.61. The van der Waals surface area contributed by atoms with Gasteiger partial charge in [-0.3, -0.25) is 14.7 Å². The lowest BCUT2D eigenvalue weighted by molar-refractivity contribution is -0.141. The average Bonchev–Trinajstić information content (AvgIpc) is 3.18. The first-order valence-electron chi connectivity index (χ1n) is 7.66. The Bertz CT molecular complexity index is 514. The third-order valence-electron chi connectivity index (χ3n) is 4.83. The number of piperidine rings is 1. The van der Waals surface area contributed by atoms with Gasteiger partial charge in [0.05, 0.1) is 5.92 Å². The second-order valence-electron chi connectivity index (χ2n) is 6.18. The smallest absolute Gasteiger partial charge is 0.306 e. The molecule has 2 N–H and O–H groups in total. The third-order valence-corrected chi connectivity index (χ3v) is 4.83. The van der Waals surface area contributed by atoms with Gasteiger partial charge in [0, 0.05) is 36.8 Å². The number of likely N-dealkylation sites (tertiary alicyclic amines) is 1. The van der Waals surface area contributed by atoms with Crippen LogP contribution >= 0.6 is 0 Å². The van der Waals surface area contributed by atoms with Crippen LogP contribution in [0.2, 0.25) is 0 Å². The maximum absolute atomic E-state index is 12.6. The Kier molecular flexibility index (Phi) is 3.94. The maximum atomic E-state index is 12.6. The summed E-state index contributed by atoms with van der Waals surface area (Å²) in [6.07, 6.45) is 5.63. The number of rotatable bonds is 3. The Morgan fingerprint density at radius 2 is 2.10 bits per heavy atom. The number of carboxylic acid groups (broad SMARTS) is 1. The Hall–Kier alpha value is -1.85. The number of nitrogens with zero attached hydrogens (tertiary/aromatic N) is 2. The van der Waals surface area contributed by atoms with Gasteiger partial charge in [0.1, 0.15) is 0 Å². The fourth-order valence-corrected chi connectivity index (χ4v) is 3.61. The fraction of sp³-hybridized carbons (Fsp3) is 0.667. The normalized spacial score (nSPS) is 29.5. The molecule has 0 spiro atoms. The number of H-pyrrole nitrogens is 1. The van der Waals surface area contributed by atoms with E-state index in [9.17, 15) is 9.59 Å². The molecule has 0 radical (unpaired) electrons. The molecule has 1 aliphatic heterocycles. The van der Waals surface area contributed by atoms with Gasteiger partial charge in [0.2, 0.25) is 5.91 Å². The van der Waals surface area contributed by atoms with E-state index in [-0.39, 0.29) is 17.7 Å². The lowest BCUT2D eigenvalue weighted by atomic mass is 9.93. The van der Waals surface area contributed by atoms with Crippen molar-refractivity contribution in [2.75, 3.05) is 13.1 Å². The predicted molar refractivity (Wildman–Crippen MR) is 75.6 cm³/mol. The van der Waals surface area contributed by atoms with E-state index in [2.05, 4.69) is 10.2 Å². The molecule has 3 rings (SSSR count). The van der Waals surface area contributed by atoms with Crippen LogP contribution in [0, 0.1) is 11.8 Å². The summed E-state index contributed by atoms with van der Waals surface area (Å²) in [5.74, 6) is -0.747. The number of hydrogen-bond acceptors (Lipinski definition) is 3. The molecule has 21 heavy (non-hydrogen) atoms. The van der Waals surface area contributed by atoms with Crippen molar-refractivity contribution in [2.24, 2.45) is 11.8 Å². The van der Waals surface area contributed by atoms with Crippen LogP contribution < -0.4 is 0 Å². The van der Waals surface area contributed by atoms with E-state index in [1.54, 1.807) is 6.20 Å². The molecule has 1 saturated heterocycles. The molecular weight excluding hydrogens is 270 g/mol. The SMILES string of the molecule is O=C(O)C1CCC(C(=O)N2CCCC(c3ccn[nH]3)C2)C1. The highest BCUT2D eigenvalue weighted by molar-refractivity contribution is 5.81. The van der Waals surface area contributed by atoms with Gasteiger partial charge >= 0.3 is 5.97 Å².